The van der Waals surface area contributed by atoms with Gasteiger partial charge < -0.3 is 64.8 Å². The maximum Gasteiger partial charge on any atom is 0.397 e. The molecule has 8 aliphatic rings. The summed E-state index contributed by atoms with van der Waals surface area (Å²) < 4.78 is 149. The predicted octanol–water partition coefficient (Wildman–Crippen LogP) is 7.13. The zero-order chi connectivity index (χ0) is 82.8. The van der Waals surface area contributed by atoms with Crippen molar-refractivity contribution in [2.75, 3.05) is 89.2 Å². The molecule has 0 aromatic rings. The Kier molecular flexibility index (Phi) is 31.3. The molecule has 1 spiro atoms. The van der Waals surface area contributed by atoms with Gasteiger partial charge in [0.15, 0.2) is 0 Å². The van der Waals surface area contributed by atoms with Crippen LogP contribution >= 0.6 is 0 Å². The van der Waals surface area contributed by atoms with E-state index < -0.39 is 256 Å². The molecule has 12 amide bonds. The number of nitrogens with one attached hydrogen (secondary N) is 3. The number of amides is 12. The minimum absolute atomic E-state index is 0.0401. The molecule has 0 aromatic heterocycles. The van der Waals surface area contributed by atoms with Crippen LogP contribution in [0.25, 0.3) is 0 Å². The molecule has 8 rings (SSSR count). The molecule has 2 saturated heterocycles. The third-order valence-corrected chi connectivity index (χ3v) is 25.3. The van der Waals surface area contributed by atoms with Gasteiger partial charge in [-0.3, -0.25) is 57.5 Å². The van der Waals surface area contributed by atoms with Crippen molar-refractivity contribution in [1.82, 2.24) is 60.0 Å². The topological polar surface area (TPSA) is 279 Å². The number of carbonyl (C=O) groups is 12. The highest BCUT2D eigenvalue weighted by molar-refractivity contribution is 6.01. The van der Waals surface area contributed by atoms with E-state index in [4.69, 9.17) is 4.74 Å². The third kappa shape index (κ3) is 21.8. The van der Waals surface area contributed by atoms with E-state index in [1.807, 2.05) is 0 Å². The zero-order valence-corrected chi connectivity index (χ0v) is 66.2. The Morgan fingerprint density at radius 3 is 1.78 bits per heavy atom. The standard InChI is InChI=1S/C77H116F10N12O13/c1-11-44(2)63-72(109)93(6)42-61(102)94(7)53-24-13-12-18-34-98(71(53)108)56(39-46-25-28-49(29-26-46)76(82,83)84)70(107)92(5)41-59(100)88-52(30-27-47-36-50(78)62(51(79)37-47)77(85,86)87)68(105)99-35-31-57(112-43-58(80)81)65(99)67(104)90-75(32-19-33-75)74(111)97(10)64(48-22-16-17-23-48)73(110)96(9)55(69(106)91(3)4)40-60(101)95(8)54(66(103)89-63)38-45-20-14-15-21-45/h12-13,44-58,62-65H,11,14-43H2,1-10H3,(H,88,100)(H,89,103)(H,90,104)/b13-12-/t44-,46?,47?,49?,50?,51?,52-,53-,54-,55-,56-,57-,62?,63-,64-,65-/m0/s1. The van der Waals surface area contributed by atoms with Gasteiger partial charge in [0.25, 0.3) is 6.43 Å². The number of rotatable bonds is 14. The number of alkyl halides is 10. The Bertz CT molecular complexity index is 3360. The molecule has 25 nitrogen and oxygen atoms in total. The maximum atomic E-state index is 15.6. The molecule has 3 heterocycles. The SMILES string of the molecule is CC[C@H](C)[C@@H]1NC(=O)[C@H](CC2CCCC2)N(C)C(=O)C[C@@H](C(=O)N(C)C)N(C)C(=O)[C@H](C2CCCC2)N(C)C(=O)C2(CCC2)NC(=O)[C@@H]2[C@@H](OCC(F)F)CCN2C(=O)[C@H](CCC2CC(F)C(C(F)(F)F)C(F)C2)NC(=O)CN(C)C(=O)[C@H](CC2CCC(C(F)(F)F)CC2)N2CC/C=C\C[C@@H](C2=O)N(C)C(=O)CN(C)C1=O. The van der Waals surface area contributed by atoms with Gasteiger partial charge in [0.2, 0.25) is 70.9 Å². The summed E-state index contributed by atoms with van der Waals surface area (Å²) in [5, 5.41) is 8.21. The first-order chi connectivity index (χ1) is 52.6. The molecular weight excluding hydrogens is 1490 g/mol. The number of carbonyl (C=O) groups excluding carboxylic acids is 12. The zero-order valence-electron chi connectivity index (χ0n) is 66.2. The molecule has 0 radical (unpaired) electrons. The van der Waals surface area contributed by atoms with Gasteiger partial charge in [-0.1, -0.05) is 70.9 Å². The van der Waals surface area contributed by atoms with Crippen molar-refractivity contribution in [3.05, 3.63) is 12.2 Å². The van der Waals surface area contributed by atoms with E-state index in [0.717, 1.165) is 44.4 Å². The molecule has 3 N–H and O–H groups in total. The summed E-state index contributed by atoms with van der Waals surface area (Å²) in [5.74, 6) is -18.0. The highest BCUT2D eigenvalue weighted by Gasteiger charge is 2.57. The molecule has 5 aliphatic carbocycles. The van der Waals surface area contributed by atoms with E-state index in [1.54, 1.807) is 26.0 Å². The summed E-state index contributed by atoms with van der Waals surface area (Å²) in [7, 11) is 10.7. The lowest BCUT2D eigenvalue weighted by Gasteiger charge is -2.47. The lowest BCUT2D eigenvalue weighted by atomic mass is 9.74. The smallest absolute Gasteiger partial charge is 0.370 e. The molecule has 5 saturated carbocycles. The summed E-state index contributed by atoms with van der Waals surface area (Å²) >= 11 is 0. The molecule has 632 valence electrons. The van der Waals surface area contributed by atoms with Crippen LogP contribution in [-0.2, 0) is 62.3 Å². The minimum Gasteiger partial charge on any atom is -0.370 e. The number of likely N-dealkylation sites (N-methyl/N-ethyl adjacent to an activating group) is 7. The average molecular weight is 1610 g/mol. The van der Waals surface area contributed by atoms with E-state index in [9.17, 15) is 54.3 Å². The number of nitrogens with zero attached hydrogens (tertiary/aromatic N) is 9. The molecule has 112 heavy (non-hydrogen) atoms. The Balaban J connectivity index is 1.22. The van der Waals surface area contributed by atoms with Crippen LogP contribution in [0.4, 0.5) is 43.9 Å². The Morgan fingerprint density at radius 2 is 1.21 bits per heavy atom. The van der Waals surface area contributed by atoms with Gasteiger partial charge in [-0.05, 0) is 145 Å². The van der Waals surface area contributed by atoms with Crippen molar-refractivity contribution in [3.63, 3.8) is 0 Å². The number of fused-ring (bicyclic) bond motifs is 3. The van der Waals surface area contributed by atoms with Gasteiger partial charge in [-0.25, -0.2) is 17.6 Å². The largest absolute Gasteiger partial charge is 0.397 e. The van der Waals surface area contributed by atoms with Crippen molar-refractivity contribution in [2.45, 2.75) is 272 Å². The third-order valence-electron chi connectivity index (χ3n) is 25.3. The van der Waals surface area contributed by atoms with Crippen molar-refractivity contribution >= 4 is 70.9 Å². The van der Waals surface area contributed by atoms with Crippen LogP contribution in [0, 0.1) is 41.4 Å². The number of hydrogen-bond acceptors (Lipinski definition) is 13. The molecule has 3 aliphatic heterocycles. The fraction of sp³-hybridized carbons (Fsp3) is 0.818. The first-order valence-electron chi connectivity index (χ1n) is 39.9. The van der Waals surface area contributed by atoms with Crippen LogP contribution in [-0.4, -0.2) is 295 Å². The van der Waals surface area contributed by atoms with Crippen molar-refractivity contribution in [1.29, 1.82) is 0 Å². The van der Waals surface area contributed by atoms with E-state index in [2.05, 4.69) is 16.0 Å². The summed E-state index contributed by atoms with van der Waals surface area (Å²) in [5.41, 5.74) is -1.86. The molecule has 2 unspecified atom stereocenters. The van der Waals surface area contributed by atoms with E-state index in [0.29, 0.717) is 51.4 Å². The van der Waals surface area contributed by atoms with E-state index in [-0.39, 0.29) is 83.1 Å². The Morgan fingerprint density at radius 1 is 0.607 bits per heavy atom. The monoisotopic (exact) mass is 1610 g/mol. The van der Waals surface area contributed by atoms with Gasteiger partial charge in [0.05, 0.1) is 31.5 Å². The van der Waals surface area contributed by atoms with Gasteiger partial charge in [0.1, 0.15) is 78.7 Å². The van der Waals surface area contributed by atoms with Gasteiger partial charge in [-0.2, -0.15) is 26.3 Å². The maximum absolute atomic E-state index is 15.6. The number of ether oxygens (including phenoxy) is 1. The number of halogens is 10. The first-order valence-corrected chi connectivity index (χ1v) is 39.9. The molecule has 0 aromatic carbocycles. The Hall–Kier alpha value is -7.36. The van der Waals surface area contributed by atoms with Crippen molar-refractivity contribution < 1.29 is 106 Å². The second-order valence-electron chi connectivity index (χ2n) is 33.1. The molecule has 35 heteroatoms. The summed E-state index contributed by atoms with van der Waals surface area (Å²) in [6.45, 7) is -0.0754. The summed E-state index contributed by atoms with van der Waals surface area (Å²) in [4.78, 5) is 192. The van der Waals surface area contributed by atoms with Crippen LogP contribution in [0.3, 0.4) is 0 Å². The molecular formula is C77H116F10N12O13. The van der Waals surface area contributed by atoms with Gasteiger partial charge >= 0.3 is 12.4 Å². The normalized spacial score (nSPS) is 32.2. The van der Waals surface area contributed by atoms with Crippen LogP contribution in [0.2, 0.25) is 0 Å². The first kappa shape index (κ1) is 90.2. The van der Waals surface area contributed by atoms with Crippen LogP contribution < -0.4 is 16.0 Å². The predicted molar refractivity (Wildman–Crippen MR) is 389 cm³/mol. The van der Waals surface area contributed by atoms with Gasteiger partial charge in [-0.15, -0.1) is 0 Å². The van der Waals surface area contributed by atoms with Crippen LogP contribution in [0.5, 0.6) is 0 Å². The van der Waals surface area contributed by atoms with Gasteiger partial charge in [0, 0.05) is 69.5 Å². The van der Waals surface area contributed by atoms with Crippen LogP contribution in [0.1, 0.15) is 181 Å². The highest BCUT2D eigenvalue weighted by Crippen LogP contribution is 2.46. The second kappa shape index (κ2) is 38.9. The second-order valence-corrected chi connectivity index (χ2v) is 33.1. The summed E-state index contributed by atoms with van der Waals surface area (Å²) in [6.07, 6.45) is -15.5. The fourth-order valence-corrected chi connectivity index (χ4v) is 18.2. The number of hydrogen-bond donors (Lipinski definition) is 3. The summed E-state index contributed by atoms with van der Waals surface area (Å²) in [6, 6.07) is -12.2. The average Bonchev–Trinajstić information content (AvgIpc) is 1.30. The van der Waals surface area contributed by atoms with E-state index in [1.165, 1.54) is 68.9 Å². The quantitative estimate of drug-likeness (QED) is 0.115. The highest BCUT2D eigenvalue weighted by atomic mass is 19.4. The molecule has 2 bridgehead atoms. The Labute approximate surface area is 649 Å². The van der Waals surface area contributed by atoms with E-state index >= 15 is 47.1 Å². The van der Waals surface area contributed by atoms with Crippen molar-refractivity contribution in [2.24, 2.45) is 41.4 Å². The fourth-order valence-electron chi connectivity index (χ4n) is 18.2. The van der Waals surface area contributed by atoms with Crippen LogP contribution in [0.15, 0.2) is 12.2 Å². The molecule has 12 atom stereocenters. The molecule has 7 fully saturated rings. The lowest BCUT2D eigenvalue weighted by molar-refractivity contribution is -0.219. The minimum atomic E-state index is -5.27. The lowest BCUT2D eigenvalue weighted by Crippen LogP contribution is -2.69. The van der Waals surface area contributed by atoms with Crippen molar-refractivity contribution in [3.8, 4) is 0 Å².